The zero-order valence-corrected chi connectivity index (χ0v) is 8.99. The first kappa shape index (κ1) is 7.55. The van der Waals surface area contributed by atoms with E-state index < -0.39 is 0 Å². The van der Waals surface area contributed by atoms with E-state index >= 15 is 0 Å². The number of nitrogens with zero attached hydrogens (tertiary/aromatic N) is 1. The van der Waals surface area contributed by atoms with E-state index in [1.165, 1.54) is 25.0 Å². The Balaban J connectivity index is 1.95. The summed E-state index contributed by atoms with van der Waals surface area (Å²) in [5.41, 5.74) is 1.21. The minimum atomic E-state index is 0.198. The van der Waals surface area contributed by atoms with Crippen molar-refractivity contribution in [1.82, 2.24) is 4.47 Å². The van der Waals surface area contributed by atoms with Crippen LogP contribution in [0.2, 0.25) is 0 Å². The first-order valence-corrected chi connectivity index (χ1v) is 6.19. The first-order valence-electron chi connectivity index (χ1n) is 5.25. The molecule has 2 heterocycles. The number of rotatable bonds is 0. The standard InChI is InChI=1S/C10H15NOS/c1-8(2)7-3-4-9(8)6-13-11-10(9,5-7)12-11/h7H,3-6H2,1-2H3/t7-,9+,10-,11?/m0/s1. The van der Waals surface area contributed by atoms with Gasteiger partial charge in [0, 0.05) is 11.2 Å². The van der Waals surface area contributed by atoms with Crippen LogP contribution in [0.4, 0.5) is 0 Å². The molecule has 2 saturated carbocycles. The predicted octanol–water partition coefficient (Wildman–Crippen LogP) is 2.42. The molecule has 1 unspecified atom stereocenters. The van der Waals surface area contributed by atoms with Crippen molar-refractivity contribution in [3.63, 3.8) is 0 Å². The Labute approximate surface area is 83.1 Å². The highest BCUT2D eigenvalue weighted by atomic mass is 32.2. The van der Waals surface area contributed by atoms with Gasteiger partial charge in [0.2, 0.25) is 0 Å². The van der Waals surface area contributed by atoms with Crippen molar-refractivity contribution in [3.05, 3.63) is 0 Å². The molecule has 2 nitrogen and oxygen atoms in total. The molecule has 0 aromatic heterocycles. The number of fused-ring (bicyclic) bond motifs is 1. The van der Waals surface area contributed by atoms with Crippen LogP contribution in [-0.4, -0.2) is 15.9 Å². The second-order valence-electron chi connectivity index (χ2n) is 5.65. The molecule has 0 amide bonds. The Morgan fingerprint density at radius 3 is 2.92 bits per heavy atom. The highest BCUT2D eigenvalue weighted by molar-refractivity contribution is 7.97. The molecule has 2 aliphatic carbocycles. The van der Waals surface area contributed by atoms with Crippen molar-refractivity contribution in [3.8, 4) is 0 Å². The molecule has 2 aliphatic heterocycles. The molecule has 0 radical (unpaired) electrons. The summed E-state index contributed by atoms with van der Waals surface area (Å²) in [6, 6.07) is 0. The molecule has 4 rings (SSSR count). The van der Waals surface area contributed by atoms with E-state index in [1.807, 2.05) is 11.9 Å². The summed E-state index contributed by atoms with van der Waals surface area (Å²) in [5, 5.41) is 0. The van der Waals surface area contributed by atoms with Crippen LogP contribution in [-0.2, 0) is 4.84 Å². The number of hydroxylamine groups is 1. The number of hydrogen-bond donors (Lipinski definition) is 0. The molecule has 4 atom stereocenters. The third-order valence-electron chi connectivity index (χ3n) is 5.37. The molecular weight excluding hydrogens is 182 g/mol. The zero-order valence-electron chi connectivity index (χ0n) is 8.17. The van der Waals surface area contributed by atoms with Crippen molar-refractivity contribution < 1.29 is 4.84 Å². The van der Waals surface area contributed by atoms with Crippen LogP contribution in [0.3, 0.4) is 0 Å². The summed E-state index contributed by atoms with van der Waals surface area (Å²) in [6.07, 6.45) is 4.13. The largest absolute Gasteiger partial charge is 0.259 e. The minimum absolute atomic E-state index is 0.198. The van der Waals surface area contributed by atoms with E-state index in [-0.39, 0.29) is 5.72 Å². The molecule has 0 aromatic carbocycles. The van der Waals surface area contributed by atoms with Gasteiger partial charge >= 0.3 is 0 Å². The van der Waals surface area contributed by atoms with Gasteiger partial charge in [-0.1, -0.05) is 18.3 Å². The maximum Gasteiger partial charge on any atom is 0.184 e. The van der Waals surface area contributed by atoms with Crippen LogP contribution in [0.1, 0.15) is 33.1 Å². The molecule has 2 spiro atoms. The fourth-order valence-electron chi connectivity index (χ4n) is 4.24. The lowest BCUT2D eigenvalue weighted by Gasteiger charge is -2.36. The monoisotopic (exact) mass is 197 g/mol. The van der Waals surface area contributed by atoms with E-state index in [0.29, 0.717) is 10.8 Å². The minimum Gasteiger partial charge on any atom is -0.259 e. The third kappa shape index (κ3) is 0.512. The Morgan fingerprint density at radius 2 is 2.31 bits per heavy atom. The SMILES string of the molecule is CC1(C)[C@H]2CC[C@@]13CSN1O[C@]13C2. The topological polar surface area (TPSA) is 15.5 Å². The lowest BCUT2D eigenvalue weighted by Crippen LogP contribution is -2.41. The van der Waals surface area contributed by atoms with E-state index in [4.69, 9.17) is 4.84 Å². The van der Waals surface area contributed by atoms with Gasteiger partial charge in [-0.15, -0.1) is 0 Å². The summed E-state index contributed by atoms with van der Waals surface area (Å²) in [5.74, 6) is 2.22. The molecule has 4 aliphatic rings. The summed E-state index contributed by atoms with van der Waals surface area (Å²) >= 11 is 1.92. The van der Waals surface area contributed by atoms with E-state index in [1.54, 1.807) is 0 Å². The second-order valence-corrected chi connectivity index (χ2v) is 6.53. The maximum absolute atomic E-state index is 5.82. The molecule has 0 aromatic rings. The van der Waals surface area contributed by atoms with Crippen LogP contribution < -0.4 is 0 Å². The fourth-order valence-corrected chi connectivity index (χ4v) is 5.95. The molecule has 2 saturated heterocycles. The van der Waals surface area contributed by atoms with Crippen molar-refractivity contribution in [2.45, 2.75) is 38.8 Å². The quantitative estimate of drug-likeness (QED) is 0.438. The van der Waals surface area contributed by atoms with Crippen molar-refractivity contribution >= 4 is 11.9 Å². The van der Waals surface area contributed by atoms with E-state index in [2.05, 4.69) is 18.3 Å². The second kappa shape index (κ2) is 1.70. The highest BCUT2D eigenvalue weighted by Crippen LogP contribution is 2.81. The van der Waals surface area contributed by atoms with Crippen LogP contribution in [0.15, 0.2) is 0 Å². The van der Waals surface area contributed by atoms with Gasteiger partial charge in [-0.05, 0) is 42.5 Å². The summed E-state index contributed by atoms with van der Waals surface area (Å²) in [4.78, 5) is 5.82. The van der Waals surface area contributed by atoms with Gasteiger partial charge in [0.1, 0.15) is 0 Å². The van der Waals surface area contributed by atoms with Gasteiger partial charge in [-0.25, -0.2) is 0 Å². The predicted molar refractivity (Wildman–Crippen MR) is 51.7 cm³/mol. The Bertz CT molecular complexity index is 297. The Kier molecular flexibility index (Phi) is 0.987. The summed E-state index contributed by atoms with van der Waals surface area (Å²) in [7, 11) is 0. The molecule has 13 heavy (non-hydrogen) atoms. The lowest BCUT2D eigenvalue weighted by molar-refractivity contribution is 0.0749. The van der Waals surface area contributed by atoms with Gasteiger partial charge < -0.3 is 0 Å². The van der Waals surface area contributed by atoms with Crippen molar-refractivity contribution in [2.75, 3.05) is 5.75 Å². The molecule has 2 bridgehead atoms. The van der Waals surface area contributed by atoms with Crippen LogP contribution >= 0.6 is 11.9 Å². The average Bonchev–Trinajstić information content (AvgIpc) is 2.53. The van der Waals surface area contributed by atoms with Crippen LogP contribution in [0.25, 0.3) is 0 Å². The first-order chi connectivity index (χ1) is 6.12. The fraction of sp³-hybridized carbons (Fsp3) is 1.00. The number of hydrogen-bond acceptors (Lipinski definition) is 3. The van der Waals surface area contributed by atoms with Gasteiger partial charge in [-0.2, -0.15) is 0 Å². The van der Waals surface area contributed by atoms with Crippen molar-refractivity contribution in [1.29, 1.82) is 0 Å². The molecule has 4 fully saturated rings. The van der Waals surface area contributed by atoms with Gasteiger partial charge in [-0.3, -0.25) is 4.84 Å². The van der Waals surface area contributed by atoms with Gasteiger partial charge in [0.15, 0.2) is 5.72 Å². The summed E-state index contributed by atoms with van der Waals surface area (Å²) < 4.78 is 2.19. The van der Waals surface area contributed by atoms with E-state index in [9.17, 15) is 0 Å². The van der Waals surface area contributed by atoms with Crippen molar-refractivity contribution in [2.24, 2.45) is 16.7 Å². The smallest absolute Gasteiger partial charge is 0.184 e. The average molecular weight is 197 g/mol. The molecule has 0 N–H and O–H groups in total. The lowest BCUT2D eigenvalue weighted by atomic mass is 9.68. The summed E-state index contributed by atoms with van der Waals surface area (Å²) in [6.45, 7) is 4.93. The van der Waals surface area contributed by atoms with E-state index in [0.717, 1.165) is 5.92 Å². The highest BCUT2D eigenvalue weighted by Gasteiger charge is 2.84. The Morgan fingerprint density at radius 1 is 1.46 bits per heavy atom. The molecule has 72 valence electrons. The Hall–Kier alpha value is 0.270. The zero-order chi connectivity index (χ0) is 8.90. The van der Waals surface area contributed by atoms with Crippen LogP contribution in [0, 0.1) is 16.7 Å². The van der Waals surface area contributed by atoms with Gasteiger partial charge in [0.25, 0.3) is 0 Å². The molecule has 3 heteroatoms. The van der Waals surface area contributed by atoms with Gasteiger partial charge in [0.05, 0.1) is 0 Å². The third-order valence-corrected chi connectivity index (χ3v) is 6.59. The van der Waals surface area contributed by atoms with Crippen LogP contribution in [0.5, 0.6) is 0 Å². The maximum atomic E-state index is 5.82. The normalized spacial score (nSPS) is 65.1. The molecular formula is C10H15NOS.